The van der Waals surface area contributed by atoms with Crippen LogP contribution in [0, 0.1) is 6.92 Å². The highest BCUT2D eigenvalue weighted by Gasteiger charge is 2.13. The number of anilines is 1. The van der Waals surface area contributed by atoms with Crippen LogP contribution < -0.4 is 5.73 Å². The van der Waals surface area contributed by atoms with Gasteiger partial charge in [-0.05, 0) is 31.5 Å². The minimum atomic E-state index is -1.04. The Bertz CT molecular complexity index is 371. The third kappa shape index (κ3) is 1.59. The van der Waals surface area contributed by atoms with E-state index in [9.17, 15) is 9.59 Å². The molecule has 0 heterocycles. The van der Waals surface area contributed by atoms with Crippen molar-refractivity contribution in [3.05, 3.63) is 28.8 Å². The van der Waals surface area contributed by atoms with E-state index in [1.54, 1.807) is 6.92 Å². The molecule has 1 rings (SSSR count). The summed E-state index contributed by atoms with van der Waals surface area (Å²) in [6.45, 7) is 2.98. The van der Waals surface area contributed by atoms with Crippen molar-refractivity contribution in [3.8, 4) is 0 Å². The zero-order valence-corrected chi connectivity index (χ0v) is 8.00. The molecular formula is C10H11NO3. The van der Waals surface area contributed by atoms with Crippen molar-refractivity contribution in [2.45, 2.75) is 13.8 Å². The van der Waals surface area contributed by atoms with E-state index >= 15 is 0 Å². The molecule has 0 aliphatic carbocycles. The van der Waals surface area contributed by atoms with Crippen molar-refractivity contribution >= 4 is 17.4 Å². The zero-order chi connectivity index (χ0) is 10.9. The first kappa shape index (κ1) is 10.2. The molecule has 0 saturated heterocycles. The SMILES string of the molecule is CC(=O)c1ccc(C(=O)O)c(C)c1N. The predicted molar refractivity (Wildman–Crippen MR) is 52.6 cm³/mol. The highest BCUT2D eigenvalue weighted by atomic mass is 16.4. The number of rotatable bonds is 2. The Kier molecular flexibility index (Phi) is 2.56. The molecule has 0 atom stereocenters. The molecule has 0 aromatic heterocycles. The van der Waals surface area contributed by atoms with E-state index in [1.165, 1.54) is 19.1 Å². The number of hydrogen-bond acceptors (Lipinski definition) is 3. The Morgan fingerprint density at radius 1 is 1.29 bits per heavy atom. The van der Waals surface area contributed by atoms with Crippen molar-refractivity contribution in [3.63, 3.8) is 0 Å². The smallest absolute Gasteiger partial charge is 0.336 e. The predicted octanol–water partition coefficient (Wildman–Crippen LogP) is 1.48. The molecule has 4 nitrogen and oxygen atoms in total. The molecule has 14 heavy (non-hydrogen) atoms. The third-order valence-electron chi connectivity index (χ3n) is 2.12. The van der Waals surface area contributed by atoms with Gasteiger partial charge in [-0.1, -0.05) is 0 Å². The van der Waals surface area contributed by atoms with E-state index in [-0.39, 0.29) is 17.0 Å². The number of carboxylic acids is 1. The Morgan fingerprint density at radius 2 is 1.79 bits per heavy atom. The number of hydrogen-bond donors (Lipinski definition) is 2. The van der Waals surface area contributed by atoms with E-state index < -0.39 is 5.97 Å². The number of aromatic carboxylic acids is 1. The second kappa shape index (κ2) is 3.49. The summed E-state index contributed by atoms with van der Waals surface area (Å²) in [4.78, 5) is 21.8. The maximum atomic E-state index is 11.1. The van der Waals surface area contributed by atoms with Gasteiger partial charge in [-0.3, -0.25) is 4.79 Å². The van der Waals surface area contributed by atoms with Crippen LogP contribution in [-0.4, -0.2) is 16.9 Å². The van der Waals surface area contributed by atoms with Gasteiger partial charge in [-0.2, -0.15) is 0 Å². The number of Topliss-reactive ketones (excluding diaryl/α,β-unsaturated/α-hetero) is 1. The molecule has 4 heteroatoms. The molecule has 0 amide bonds. The molecule has 0 aliphatic heterocycles. The summed E-state index contributed by atoms with van der Waals surface area (Å²) >= 11 is 0. The van der Waals surface area contributed by atoms with Crippen molar-refractivity contribution in [1.82, 2.24) is 0 Å². The van der Waals surface area contributed by atoms with Gasteiger partial charge >= 0.3 is 5.97 Å². The average molecular weight is 193 g/mol. The fourth-order valence-corrected chi connectivity index (χ4v) is 1.27. The summed E-state index contributed by atoms with van der Waals surface area (Å²) in [5, 5.41) is 8.78. The van der Waals surface area contributed by atoms with Gasteiger partial charge < -0.3 is 10.8 Å². The first-order chi connectivity index (χ1) is 6.45. The minimum Gasteiger partial charge on any atom is -0.478 e. The van der Waals surface area contributed by atoms with Crippen LogP contribution in [0.4, 0.5) is 5.69 Å². The van der Waals surface area contributed by atoms with Crippen molar-refractivity contribution in [1.29, 1.82) is 0 Å². The summed E-state index contributed by atoms with van der Waals surface area (Å²) in [5.74, 6) is -1.20. The summed E-state index contributed by atoms with van der Waals surface area (Å²) in [6, 6.07) is 2.83. The van der Waals surface area contributed by atoms with Gasteiger partial charge in [0, 0.05) is 11.3 Å². The minimum absolute atomic E-state index is 0.132. The highest BCUT2D eigenvalue weighted by molar-refractivity contribution is 6.02. The second-order valence-electron chi connectivity index (χ2n) is 3.06. The lowest BCUT2D eigenvalue weighted by Crippen LogP contribution is -2.07. The number of carbonyl (C=O) groups excluding carboxylic acids is 1. The molecule has 0 spiro atoms. The molecule has 74 valence electrons. The fraction of sp³-hybridized carbons (Fsp3) is 0.200. The maximum absolute atomic E-state index is 11.1. The number of benzene rings is 1. The monoisotopic (exact) mass is 193 g/mol. The van der Waals surface area contributed by atoms with E-state index in [2.05, 4.69) is 0 Å². The number of nitrogen functional groups attached to an aromatic ring is 1. The molecule has 1 aromatic rings. The van der Waals surface area contributed by atoms with Gasteiger partial charge in [0.05, 0.1) is 5.56 Å². The number of carboxylic acid groups (broad SMARTS) is 1. The molecule has 0 radical (unpaired) electrons. The van der Waals surface area contributed by atoms with Crippen LogP contribution in [0.2, 0.25) is 0 Å². The van der Waals surface area contributed by atoms with E-state index in [1.807, 2.05) is 0 Å². The Balaban J connectivity index is 3.41. The molecule has 1 aromatic carbocycles. The summed E-state index contributed by atoms with van der Waals surface area (Å²) in [6.07, 6.45) is 0. The molecule has 0 unspecified atom stereocenters. The Morgan fingerprint density at radius 3 is 2.21 bits per heavy atom. The Labute approximate surface area is 81.3 Å². The topological polar surface area (TPSA) is 80.4 Å². The maximum Gasteiger partial charge on any atom is 0.336 e. The van der Waals surface area contributed by atoms with Crippen molar-refractivity contribution in [2.75, 3.05) is 5.73 Å². The lowest BCUT2D eigenvalue weighted by Gasteiger charge is -2.08. The standard InChI is InChI=1S/C10H11NO3/c1-5-7(10(13)14)3-4-8(6(2)12)9(5)11/h3-4H,11H2,1-2H3,(H,13,14). The number of nitrogens with two attached hydrogens (primary N) is 1. The van der Waals surface area contributed by atoms with Crippen LogP contribution in [0.3, 0.4) is 0 Å². The van der Waals surface area contributed by atoms with Crippen molar-refractivity contribution < 1.29 is 14.7 Å². The van der Waals surface area contributed by atoms with Gasteiger partial charge in [0.1, 0.15) is 0 Å². The largest absolute Gasteiger partial charge is 0.478 e. The normalized spacial score (nSPS) is 9.86. The molecule has 3 N–H and O–H groups in total. The molecule has 0 bridgehead atoms. The molecule has 0 aliphatic rings. The second-order valence-corrected chi connectivity index (χ2v) is 3.06. The first-order valence-corrected chi connectivity index (χ1v) is 4.08. The Hall–Kier alpha value is -1.84. The molecule has 0 saturated carbocycles. The van der Waals surface area contributed by atoms with Crippen LogP contribution in [0.1, 0.15) is 33.2 Å². The molecule has 0 fully saturated rings. The van der Waals surface area contributed by atoms with Crippen LogP contribution in [0.5, 0.6) is 0 Å². The zero-order valence-electron chi connectivity index (χ0n) is 8.00. The highest BCUT2D eigenvalue weighted by Crippen LogP contribution is 2.21. The molecular weight excluding hydrogens is 182 g/mol. The third-order valence-corrected chi connectivity index (χ3v) is 2.12. The van der Waals surface area contributed by atoms with Crippen LogP contribution >= 0.6 is 0 Å². The van der Waals surface area contributed by atoms with E-state index in [0.717, 1.165) is 0 Å². The fourth-order valence-electron chi connectivity index (χ4n) is 1.27. The van der Waals surface area contributed by atoms with E-state index in [4.69, 9.17) is 10.8 Å². The van der Waals surface area contributed by atoms with Gasteiger partial charge in [0.15, 0.2) is 5.78 Å². The van der Waals surface area contributed by atoms with Gasteiger partial charge in [-0.25, -0.2) is 4.79 Å². The number of carbonyl (C=O) groups is 2. The van der Waals surface area contributed by atoms with Crippen LogP contribution in [-0.2, 0) is 0 Å². The summed E-state index contributed by atoms with van der Waals surface area (Å²) < 4.78 is 0. The lowest BCUT2D eigenvalue weighted by molar-refractivity contribution is 0.0695. The average Bonchev–Trinajstić information content (AvgIpc) is 2.08. The van der Waals surface area contributed by atoms with Gasteiger partial charge in [-0.15, -0.1) is 0 Å². The lowest BCUT2D eigenvalue weighted by atomic mass is 10.0. The number of ketones is 1. The summed E-state index contributed by atoms with van der Waals surface area (Å²) in [7, 11) is 0. The quantitative estimate of drug-likeness (QED) is 0.550. The van der Waals surface area contributed by atoms with Crippen molar-refractivity contribution in [2.24, 2.45) is 0 Å². The first-order valence-electron chi connectivity index (χ1n) is 4.08. The van der Waals surface area contributed by atoms with Crippen LogP contribution in [0.15, 0.2) is 12.1 Å². The summed E-state index contributed by atoms with van der Waals surface area (Å²) in [5.41, 5.74) is 6.82. The van der Waals surface area contributed by atoms with E-state index in [0.29, 0.717) is 11.1 Å². The van der Waals surface area contributed by atoms with Crippen LogP contribution in [0.25, 0.3) is 0 Å². The van der Waals surface area contributed by atoms with Gasteiger partial charge in [0.2, 0.25) is 0 Å². The van der Waals surface area contributed by atoms with Gasteiger partial charge in [0.25, 0.3) is 0 Å².